The number of hydrogen-bond donors (Lipinski definition) is 2. The van der Waals surface area contributed by atoms with Gasteiger partial charge in [0.2, 0.25) is 0 Å². The first-order valence-corrected chi connectivity index (χ1v) is 8.61. The van der Waals surface area contributed by atoms with Crippen molar-refractivity contribution in [1.82, 2.24) is 5.32 Å². The van der Waals surface area contributed by atoms with Gasteiger partial charge in [0.25, 0.3) is 0 Å². The smallest absolute Gasteiger partial charge is 0.189 e. The summed E-state index contributed by atoms with van der Waals surface area (Å²) in [5.41, 5.74) is 8.90. The van der Waals surface area contributed by atoms with Crippen LogP contribution in [0.2, 0.25) is 0 Å². The van der Waals surface area contributed by atoms with Gasteiger partial charge in [0.05, 0.1) is 19.2 Å². The maximum Gasteiger partial charge on any atom is 0.189 e. The number of guanidine groups is 1. The van der Waals surface area contributed by atoms with E-state index in [4.69, 9.17) is 10.5 Å². The van der Waals surface area contributed by atoms with Gasteiger partial charge >= 0.3 is 0 Å². The van der Waals surface area contributed by atoms with Crippen LogP contribution in [0.3, 0.4) is 0 Å². The Bertz CT molecular complexity index is 744. The molecule has 4 nitrogen and oxygen atoms in total. The maximum atomic E-state index is 6.17. The molecule has 5 heteroatoms. The minimum Gasteiger partial charge on any atom is -0.493 e. The van der Waals surface area contributed by atoms with Crippen molar-refractivity contribution in [2.45, 2.75) is 30.7 Å². The Morgan fingerprint density at radius 3 is 2.60 bits per heavy atom. The van der Waals surface area contributed by atoms with Crippen molar-refractivity contribution in [2.24, 2.45) is 10.7 Å². The highest BCUT2D eigenvalue weighted by atomic mass is 127. The lowest BCUT2D eigenvalue weighted by molar-refractivity contribution is 0.262. The second kappa shape index (κ2) is 7.64. The molecule has 2 aromatic carbocycles. The van der Waals surface area contributed by atoms with Gasteiger partial charge in [-0.15, -0.1) is 24.0 Å². The van der Waals surface area contributed by atoms with Crippen LogP contribution in [0.15, 0.2) is 59.6 Å². The second-order valence-electron chi connectivity index (χ2n) is 6.72. The molecule has 1 aliphatic heterocycles. The molecule has 0 aromatic heterocycles. The summed E-state index contributed by atoms with van der Waals surface area (Å²) in [7, 11) is 0. The van der Waals surface area contributed by atoms with Crippen LogP contribution in [0.4, 0.5) is 0 Å². The third-order valence-corrected chi connectivity index (χ3v) is 5.07. The number of benzene rings is 2. The van der Waals surface area contributed by atoms with Gasteiger partial charge in [0.1, 0.15) is 5.75 Å². The molecule has 1 fully saturated rings. The third kappa shape index (κ3) is 3.92. The Hall–Kier alpha value is -1.76. The summed E-state index contributed by atoms with van der Waals surface area (Å²) >= 11 is 0. The van der Waals surface area contributed by atoms with E-state index in [0.717, 1.165) is 24.3 Å². The molecule has 3 N–H and O–H groups in total. The average Bonchev–Trinajstić information content (AvgIpc) is 3.42. The molecule has 1 unspecified atom stereocenters. The lowest BCUT2D eigenvalue weighted by Gasteiger charge is -2.27. The van der Waals surface area contributed by atoms with E-state index in [2.05, 4.69) is 46.7 Å². The monoisotopic (exact) mass is 449 g/mol. The fraction of sp³-hybridized carbons (Fsp3) is 0.350. The van der Waals surface area contributed by atoms with E-state index in [-0.39, 0.29) is 35.4 Å². The van der Waals surface area contributed by atoms with E-state index in [1.165, 1.54) is 18.4 Å². The summed E-state index contributed by atoms with van der Waals surface area (Å²) in [6, 6.07) is 18.9. The zero-order valence-electron chi connectivity index (χ0n) is 14.2. The number of halogens is 1. The Morgan fingerprint density at radius 1 is 1.12 bits per heavy atom. The molecule has 1 heterocycles. The number of ether oxygens (including phenoxy) is 1. The highest BCUT2D eigenvalue weighted by Gasteiger charge is 2.43. The average molecular weight is 449 g/mol. The molecule has 25 heavy (non-hydrogen) atoms. The molecular formula is C20H24IN3O. The number of rotatable bonds is 4. The first-order chi connectivity index (χ1) is 11.8. The van der Waals surface area contributed by atoms with Gasteiger partial charge in [-0.25, -0.2) is 0 Å². The summed E-state index contributed by atoms with van der Waals surface area (Å²) in [6.45, 7) is 1.45. The van der Waals surface area contributed by atoms with Gasteiger partial charge in [-0.05, 0) is 24.5 Å². The lowest BCUT2D eigenvalue weighted by atomic mass is 9.96. The molecular weight excluding hydrogens is 425 g/mol. The summed E-state index contributed by atoms with van der Waals surface area (Å²) in [5, 5.41) is 3.37. The normalized spacial score (nSPS) is 20.6. The lowest BCUT2D eigenvalue weighted by Crippen LogP contribution is -2.37. The Balaban J connectivity index is 0.00000182. The highest BCUT2D eigenvalue weighted by molar-refractivity contribution is 14.0. The third-order valence-electron chi connectivity index (χ3n) is 5.07. The van der Waals surface area contributed by atoms with E-state index >= 15 is 0 Å². The highest BCUT2D eigenvalue weighted by Crippen LogP contribution is 2.48. The van der Waals surface area contributed by atoms with Crippen LogP contribution in [0.1, 0.15) is 36.4 Å². The van der Waals surface area contributed by atoms with Gasteiger partial charge in [0, 0.05) is 17.4 Å². The molecule has 1 atom stereocenters. The molecule has 4 rings (SSSR count). The molecule has 0 saturated heterocycles. The van der Waals surface area contributed by atoms with E-state index in [9.17, 15) is 0 Å². The van der Waals surface area contributed by atoms with Crippen molar-refractivity contribution in [1.29, 1.82) is 0 Å². The Labute approximate surface area is 165 Å². The van der Waals surface area contributed by atoms with Crippen LogP contribution in [-0.4, -0.2) is 19.1 Å². The number of para-hydroxylation sites is 1. The van der Waals surface area contributed by atoms with Crippen molar-refractivity contribution in [3.8, 4) is 5.75 Å². The van der Waals surface area contributed by atoms with Crippen molar-refractivity contribution in [3.05, 3.63) is 65.7 Å². The summed E-state index contributed by atoms with van der Waals surface area (Å²) in [4.78, 5) is 4.64. The van der Waals surface area contributed by atoms with E-state index in [1.807, 2.05) is 18.2 Å². The molecule has 0 spiro atoms. The van der Waals surface area contributed by atoms with Gasteiger partial charge in [-0.3, -0.25) is 4.99 Å². The van der Waals surface area contributed by atoms with Gasteiger partial charge in [0.15, 0.2) is 5.96 Å². The van der Waals surface area contributed by atoms with Crippen LogP contribution < -0.4 is 15.8 Å². The zero-order valence-corrected chi connectivity index (χ0v) is 16.5. The van der Waals surface area contributed by atoms with Crippen LogP contribution in [0, 0.1) is 0 Å². The molecule has 1 saturated carbocycles. The Kier molecular flexibility index (Phi) is 5.51. The SMILES string of the molecule is I.NC(=NCC1(c2ccccc2)CC1)NC1CCOc2ccccc21. The van der Waals surface area contributed by atoms with E-state index in [1.54, 1.807) is 0 Å². The molecule has 2 aliphatic rings. The molecule has 1 aliphatic carbocycles. The zero-order chi connectivity index (χ0) is 16.4. The van der Waals surface area contributed by atoms with E-state index in [0.29, 0.717) is 12.6 Å². The summed E-state index contributed by atoms with van der Waals surface area (Å²) in [6.07, 6.45) is 3.28. The van der Waals surface area contributed by atoms with E-state index < -0.39 is 0 Å². The molecule has 132 valence electrons. The molecule has 2 aromatic rings. The number of fused-ring (bicyclic) bond motifs is 1. The Morgan fingerprint density at radius 2 is 1.84 bits per heavy atom. The molecule has 0 bridgehead atoms. The van der Waals surface area contributed by atoms with Crippen molar-refractivity contribution in [3.63, 3.8) is 0 Å². The fourth-order valence-corrected chi connectivity index (χ4v) is 3.43. The number of hydrogen-bond acceptors (Lipinski definition) is 2. The minimum atomic E-state index is 0. The number of aliphatic imine (C=N–C) groups is 1. The quantitative estimate of drug-likeness (QED) is 0.425. The van der Waals surface area contributed by atoms with Crippen LogP contribution >= 0.6 is 24.0 Å². The largest absolute Gasteiger partial charge is 0.493 e. The van der Waals surface area contributed by atoms with Gasteiger partial charge in [-0.2, -0.15) is 0 Å². The standard InChI is InChI=1S/C20H23N3O.HI/c21-19(22-14-20(11-12-20)15-6-2-1-3-7-15)23-17-10-13-24-18-9-5-4-8-16(17)18;/h1-9,17H,10-14H2,(H3,21,22,23);1H. The van der Waals surface area contributed by atoms with Gasteiger partial charge < -0.3 is 15.8 Å². The van der Waals surface area contributed by atoms with Crippen molar-refractivity contribution >= 4 is 29.9 Å². The number of nitrogens with zero attached hydrogens (tertiary/aromatic N) is 1. The fourth-order valence-electron chi connectivity index (χ4n) is 3.43. The van der Waals surface area contributed by atoms with Crippen LogP contribution in [0.25, 0.3) is 0 Å². The molecule has 0 amide bonds. The first kappa shape index (κ1) is 18.0. The summed E-state index contributed by atoms with van der Waals surface area (Å²) < 4.78 is 5.70. The summed E-state index contributed by atoms with van der Waals surface area (Å²) in [5.74, 6) is 1.47. The number of nitrogens with two attached hydrogens (primary N) is 1. The second-order valence-corrected chi connectivity index (χ2v) is 6.72. The number of nitrogens with one attached hydrogen (secondary N) is 1. The maximum absolute atomic E-state index is 6.17. The topological polar surface area (TPSA) is 59.6 Å². The van der Waals surface area contributed by atoms with Crippen molar-refractivity contribution < 1.29 is 4.74 Å². The van der Waals surface area contributed by atoms with Crippen molar-refractivity contribution in [2.75, 3.05) is 13.2 Å². The first-order valence-electron chi connectivity index (χ1n) is 8.61. The minimum absolute atomic E-state index is 0. The predicted octanol–water partition coefficient (Wildman–Crippen LogP) is 3.76. The van der Waals surface area contributed by atoms with Crippen LogP contribution in [0.5, 0.6) is 5.75 Å². The predicted molar refractivity (Wildman–Crippen MR) is 112 cm³/mol. The molecule has 0 radical (unpaired) electrons. The van der Waals surface area contributed by atoms with Crippen LogP contribution in [-0.2, 0) is 5.41 Å². The van der Waals surface area contributed by atoms with Gasteiger partial charge in [-0.1, -0.05) is 48.5 Å².